The number of aromatic nitrogens is 1. The Morgan fingerprint density at radius 1 is 1.21 bits per heavy atom. The van der Waals surface area contributed by atoms with E-state index in [4.69, 9.17) is 0 Å². The van der Waals surface area contributed by atoms with Crippen molar-refractivity contribution in [3.05, 3.63) is 54.4 Å². The summed E-state index contributed by atoms with van der Waals surface area (Å²) in [4.78, 5) is 3.79. The third-order valence-corrected chi connectivity index (χ3v) is 1.84. The fourth-order valence-corrected chi connectivity index (χ4v) is 1.19. The number of pyridine rings is 1. The van der Waals surface area contributed by atoms with Gasteiger partial charge in [0.1, 0.15) is 11.6 Å². The standard InChI is InChI=1S/C11H6F2N/c12-9-3-4-11(13)10(6-9)8-2-1-5-14-7-8/h2-7H. The second-order valence-electron chi connectivity index (χ2n) is 2.80. The predicted octanol–water partition coefficient (Wildman–Crippen LogP) is 2.83. The second kappa shape index (κ2) is 3.54. The van der Waals surface area contributed by atoms with Gasteiger partial charge in [-0.3, -0.25) is 4.98 Å². The fourth-order valence-electron chi connectivity index (χ4n) is 1.19. The first-order chi connectivity index (χ1) is 6.77. The fraction of sp³-hybridized carbons (Fsp3) is 0. The van der Waals surface area contributed by atoms with Crippen molar-refractivity contribution in [2.24, 2.45) is 0 Å². The highest BCUT2D eigenvalue weighted by Crippen LogP contribution is 2.22. The summed E-state index contributed by atoms with van der Waals surface area (Å²) in [6.07, 6.45) is 2.93. The highest BCUT2D eigenvalue weighted by molar-refractivity contribution is 5.62. The van der Waals surface area contributed by atoms with E-state index in [1.54, 1.807) is 6.07 Å². The molecule has 0 saturated carbocycles. The van der Waals surface area contributed by atoms with E-state index in [0.29, 0.717) is 5.56 Å². The molecule has 0 aliphatic rings. The average Bonchev–Trinajstić information content (AvgIpc) is 2.23. The average molecular weight is 190 g/mol. The normalized spacial score (nSPS) is 10.1. The van der Waals surface area contributed by atoms with Gasteiger partial charge in [-0.05, 0) is 24.3 Å². The molecule has 1 aromatic heterocycles. The highest BCUT2D eigenvalue weighted by Gasteiger charge is 2.05. The Morgan fingerprint density at radius 2 is 2.07 bits per heavy atom. The quantitative estimate of drug-likeness (QED) is 0.673. The highest BCUT2D eigenvalue weighted by atomic mass is 19.1. The molecule has 0 atom stereocenters. The molecular weight excluding hydrogens is 184 g/mol. The van der Waals surface area contributed by atoms with Crippen molar-refractivity contribution in [3.8, 4) is 11.1 Å². The second-order valence-corrected chi connectivity index (χ2v) is 2.80. The van der Waals surface area contributed by atoms with Crippen molar-refractivity contribution in [2.45, 2.75) is 0 Å². The molecule has 0 N–H and O–H groups in total. The van der Waals surface area contributed by atoms with Crippen LogP contribution in [0.25, 0.3) is 11.1 Å². The molecule has 1 aromatic carbocycles. The van der Waals surface area contributed by atoms with Crippen molar-refractivity contribution < 1.29 is 8.78 Å². The third-order valence-electron chi connectivity index (χ3n) is 1.84. The first-order valence-electron chi connectivity index (χ1n) is 4.04. The van der Waals surface area contributed by atoms with Gasteiger partial charge in [0.15, 0.2) is 0 Å². The Morgan fingerprint density at radius 3 is 2.79 bits per heavy atom. The number of hydrogen-bond donors (Lipinski definition) is 0. The molecule has 1 nitrogen and oxygen atoms in total. The molecule has 0 saturated heterocycles. The van der Waals surface area contributed by atoms with E-state index in [0.717, 1.165) is 18.2 Å². The summed E-state index contributed by atoms with van der Waals surface area (Å²) < 4.78 is 26.1. The van der Waals surface area contributed by atoms with E-state index in [-0.39, 0.29) is 5.56 Å². The van der Waals surface area contributed by atoms with E-state index in [1.165, 1.54) is 12.4 Å². The molecule has 0 unspecified atom stereocenters. The van der Waals surface area contributed by atoms with Gasteiger partial charge in [0.2, 0.25) is 0 Å². The first kappa shape index (κ1) is 8.81. The minimum atomic E-state index is -0.467. The van der Waals surface area contributed by atoms with Crippen molar-refractivity contribution in [3.63, 3.8) is 0 Å². The van der Waals surface area contributed by atoms with Crippen LogP contribution in [-0.4, -0.2) is 4.98 Å². The zero-order valence-electron chi connectivity index (χ0n) is 7.17. The maximum absolute atomic E-state index is 13.2. The first-order valence-corrected chi connectivity index (χ1v) is 4.04. The number of halogens is 2. The number of rotatable bonds is 1. The molecule has 0 aliphatic heterocycles. The number of nitrogens with zero attached hydrogens (tertiary/aromatic N) is 1. The Bertz CT molecular complexity index is 440. The van der Waals surface area contributed by atoms with E-state index in [1.807, 2.05) is 0 Å². The van der Waals surface area contributed by atoms with E-state index in [9.17, 15) is 8.78 Å². The van der Waals surface area contributed by atoms with Crippen LogP contribution in [0.15, 0.2) is 36.7 Å². The summed E-state index contributed by atoms with van der Waals surface area (Å²) in [5, 5.41) is 0. The van der Waals surface area contributed by atoms with Crippen LogP contribution in [-0.2, 0) is 0 Å². The van der Waals surface area contributed by atoms with Crippen molar-refractivity contribution in [1.82, 2.24) is 4.98 Å². The third kappa shape index (κ3) is 1.62. The Balaban J connectivity index is 2.57. The number of hydrogen-bond acceptors (Lipinski definition) is 1. The summed E-state index contributed by atoms with van der Waals surface area (Å²) in [5.41, 5.74) is 0.721. The minimum Gasteiger partial charge on any atom is -0.263 e. The molecule has 14 heavy (non-hydrogen) atoms. The van der Waals surface area contributed by atoms with Crippen LogP contribution in [0.5, 0.6) is 0 Å². The molecule has 1 heterocycles. The van der Waals surface area contributed by atoms with Gasteiger partial charge in [-0.2, -0.15) is 0 Å². The molecule has 0 aliphatic carbocycles. The van der Waals surface area contributed by atoms with Gasteiger partial charge in [0, 0.05) is 29.6 Å². The maximum atomic E-state index is 13.2. The topological polar surface area (TPSA) is 12.9 Å². The van der Waals surface area contributed by atoms with Gasteiger partial charge >= 0.3 is 0 Å². The lowest BCUT2D eigenvalue weighted by molar-refractivity contribution is 0.603. The van der Waals surface area contributed by atoms with Crippen LogP contribution in [0.3, 0.4) is 0 Å². The lowest BCUT2D eigenvalue weighted by atomic mass is 10.1. The molecule has 0 bridgehead atoms. The molecule has 1 radical (unpaired) electrons. The summed E-state index contributed by atoms with van der Waals surface area (Å²) in [7, 11) is 0. The van der Waals surface area contributed by atoms with Gasteiger partial charge in [0.05, 0.1) is 0 Å². The lowest BCUT2D eigenvalue weighted by Gasteiger charge is -2.01. The summed E-state index contributed by atoms with van der Waals surface area (Å²) in [6, 6.07) is 7.58. The molecule has 2 rings (SSSR count). The molecule has 2 aromatic rings. The molecule has 0 fully saturated rings. The van der Waals surface area contributed by atoms with Crippen LogP contribution in [0.2, 0.25) is 0 Å². The van der Waals surface area contributed by atoms with Gasteiger partial charge in [-0.25, -0.2) is 8.78 Å². The molecule has 0 amide bonds. The summed E-state index contributed by atoms with van der Waals surface area (Å²) in [6.45, 7) is 0. The smallest absolute Gasteiger partial charge is 0.131 e. The molecular formula is C11H6F2N. The van der Waals surface area contributed by atoms with Crippen LogP contribution in [0, 0.1) is 17.7 Å². The zero-order valence-corrected chi connectivity index (χ0v) is 7.17. The van der Waals surface area contributed by atoms with Gasteiger partial charge in [0.25, 0.3) is 0 Å². The Hall–Kier alpha value is -1.77. The van der Waals surface area contributed by atoms with Gasteiger partial charge in [-0.15, -0.1) is 0 Å². The van der Waals surface area contributed by atoms with Gasteiger partial charge < -0.3 is 0 Å². The summed E-state index contributed by atoms with van der Waals surface area (Å²) >= 11 is 0. The van der Waals surface area contributed by atoms with Crippen LogP contribution in [0.1, 0.15) is 0 Å². The van der Waals surface area contributed by atoms with Crippen molar-refractivity contribution >= 4 is 0 Å². The molecule has 3 heteroatoms. The van der Waals surface area contributed by atoms with E-state index < -0.39 is 11.6 Å². The summed E-state index contributed by atoms with van der Waals surface area (Å²) in [5.74, 6) is -0.932. The van der Waals surface area contributed by atoms with Crippen LogP contribution < -0.4 is 0 Å². The lowest BCUT2D eigenvalue weighted by Crippen LogP contribution is -1.86. The molecule has 0 spiro atoms. The Kier molecular flexibility index (Phi) is 2.23. The zero-order chi connectivity index (χ0) is 9.97. The van der Waals surface area contributed by atoms with E-state index in [2.05, 4.69) is 11.1 Å². The van der Waals surface area contributed by atoms with Crippen LogP contribution in [0.4, 0.5) is 8.78 Å². The van der Waals surface area contributed by atoms with Crippen molar-refractivity contribution in [2.75, 3.05) is 0 Å². The number of benzene rings is 1. The SMILES string of the molecule is Fc1ccc(F)c(-c2c[c]cnc2)c1. The maximum Gasteiger partial charge on any atom is 0.131 e. The largest absolute Gasteiger partial charge is 0.263 e. The van der Waals surface area contributed by atoms with E-state index >= 15 is 0 Å². The predicted molar refractivity (Wildman–Crippen MR) is 48.4 cm³/mol. The van der Waals surface area contributed by atoms with Crippen molar-refractivity contribution in [1.29, 1.82) is 0 Å². The monoisotopic (exact) mass is 190 g/mol. The Labute approximate surface area is 80.0 Å². The van der Waals surface area contributed by atoms with Crippen LogP contribution >= 0.6 is 0 Å². The molecule has 69 valence electrons. The van der Waals surface area contributed by atoms with Gasteiger partial charge in [-0.1, -0.05) is 0 Å². The minimum absolute atomic E-state index is 0.203.